The summed E-state index contributed by atoms with van der Waals surface area (Å²) in [6, 6.07) is 7.41. The van der Waals surface area contributed by atoms with Gasteiger partial charge < -0.3 is 15.5 Å². The predicted molar refractivity (Wildman–Crippen MR) is 84.3 cm³/mol. The van der Waals surface area contributed by atoms with Crippen molar-refractivity contribution >= 4 is 5.97 Å². The third-order valence-electron chi connectivity index (χ3n) is 3.73. The van der Waals surface area contributed by atoms with Gasteiger partial charge in [0.15, 0.2) is 0 Å². The molecule has 3 N–H and O–H groups in total. The van der Waals surface area contributed by atoms with Gasteiger partial charge in [-0.2, -0.15) is 0 Å². The van der Waals surface area contributed by atoms with Crippen molar-refractivity contribution in [3.63, 3.8) is 0 Å². The zero-order valence-electron chi connectivity index (χ0n) is 13.0. The molecule has 2 unspecified atom stereocenters. The van der Waals surface area contributed by atoms with E-state index in [1.807, 2.05) is 31.2 Å². The SMILES string of the molecule is CCCCC(NCCC(O)c1ccc(CC)cc1)C(=O)O. The highest BCUT2D eigenvalue weighted by atomic mass is 16.4. The molecule has 0 saturated carbocycles. The Morgan fingerprint density at radius 1 is 1.19 bits per heavy atom. The lowest BCUT2D eigenvalue weighted by atomic mass is 10.0. The Morgan fingerprint density at radius 3 is 2.38 bits per heavy atom. The summed E-state index contributed by atoms with van der Waals surface area (Å²) in [5.74, 6) is -0.815. The number of carbonyl (C=O) groups is 1. The Bertz CT molecular complexity index is 417. The van der Waals surface area contributed by atoms with Crippen molar-refractivity contribution in [3.8, 4) is 0 Å². The third kappa shape index (κ3) is 6.27. The highest BCUT2D eigenvalue weighted by molar-refractivity contribution is 5.73. The second kappa shape index (κ2) is 9.53. The van der Waals surface area contributed by atoms with Gasteiger partial charge in [-0.3, -0.25) is 4.79 Å². The molecule has 4 heteroatoms. The number of aliphatic carboxylic acids is 1. The Morgan fingerprint density at radius 2 is 1.86 bits per heavy atom. The molecule has 1 aromatic carbocycles. The van der Waals surface area contributed by atoms with Crippen LogP contribution in [0.5, 0.6) is 0 Å². The van der Waals surface area contributed by atoms with Gasteiger partial charge in [0.05, 0.1) is 6.10 Å². The lowest BCUT2D eigenvalue weighted by molar-refractivity contribution is -0.139. The molecule has 0 radical (unpaired) electrons. The number of carboxylic acids is 1. The van der Waals surface area contributed by atoms with Crippen molar-refractivity contribution in [1.29, 1.82) is 0 Å². The van der Waals surface area contributed by atoms with Crippen molar-refractivity contribution in [2.24, 2.45) is 0 Å². The summed E-state index contributed by atoms with van der Waals surface area (Å²) < 4.78 is 0. The summed E-state index contributed by atoms with van der Waals surface area (Å²) in [5, 5.41) is 22.3. The van der Waals surface area contributed by atoms with Gasteiger partial charge in [-0.15, -0.1) is 0 Å². The van der Waals surface area contributed by atoms with Crippen LogP contribution in [0.2, 0.25) is 0 Å². The number of aryl methyl sites for hydroxylation is 1. The Kier molecular flexibility index (Phi) is 8.01. The van der Waals surface area contributed by atoms with Crippen molar-refractivity contribution in [1.82, 2.24) is 5.32 Å². The summed E-state index contributed by atoms with van der Waals surface area (Å²) in [6.07, 6.45) is 3.46. The van der Waals surface area contributed by atoms with Crippen LogP contribution in [-0.4, -0.2) is 28.8 Å². The molecule has 1 rings (SSSR count). The summed E-state index contributed by atoms with van der Waals surface area (Å²) in [4.78, 5) is 11.1. The molecular weight excluding hydrogens is 266 g/mol. The van der Waals surface area contributed by atoms with Gasteiger partial charge in [-0.1, -0.05) is 51.0 Å². The minimum absolute atomic E-state index is 0.497. The van der Waals surface area contributed by atoms with E-state index in [-0.39, 0.29) is 0 Å². The number of hydrogen-bond donors (Lipinski definition) is 3. The first-order chi connectivity index (χ1) is 10.1. The van der Waals surface area contributed by atoms with Crippen molar-refractivity contribution in [2.45, 2.75) is 58.1 Å². The molecule has 21 heavy (non-hydrogen) atoms. The van der Waals surface area contributed by atoms with Crippen LogP contribution in [0.4, 0.5) is 0 Å². The number of unbranched alkanes of at least 4 members (excludes halogenated alkanes) is 1. The van der Waals surface area contributed by atoms with Gasteiger partial charge in [0, 0.05) is 0 Å². The molecule has 0 aliphatic rings. The quantitative estimate of drug-likeness (QED) is 0.620. The van der Waals surface area contributed by atoms with Crippen LogP contribution in [0, 0.1) is 0 Å². The normalized spacial score (nSPS) is 13.9. The second-order valence-electron chi connectivity index (χ2n) is 5.39. The summed E-state index contributed by atoms with van der Waals surface area (Å²) >= 11 is 0. The minimum Gasteiger partial charge on any atom is -0.480 e. The van der Waals surface area contributed by atoms with E-state index in [9.17, 15) is 9.90 Å². The minimum atomic E-state index is -0.815. The zero-order chi connectivity index (χ0) is 15.7. The number of aliphatic hydroxyl groups excluding tert-OH is 1. The van der Waals surface area contributed by atoms with Gasteiger partial charge in [-0.25, -0.2) is 0 Å². The molecule has 0 spiro atoms. The molecule has 4 nitrogen and oxygen atoms in total. The number of nitrogens with one attached hydrogen (secondary N) is 1. The fourth-order valence-electron chi connectivity index (χ4n) is 2.26. The van der Waals surface area contributed by atoms with E-state index in [2.05, 4.69) is 12.2 Å². The zero-order valence-corrected chi connectivity index (χ0v) is 13.0. The number of rotatable bonds is 10. The molecule has 0 aromatic heterocycles. The lowest BCUT2D eigenvalue weighted by Crippen LogP contribution is -2.37. The molecule has 0 amide bonds. The molecule has 0 aliphatic carbocycles. The highest BCUT2D eigenvalue weighted by Gasteiger charge is 2.16. The van der Waals surface area contributed by atoms with E-state index >= 15 is 0 Å². The maximum Gasteiger partial charge on any atom is 0.320 e. The van der Waals surface area contributed by atoms with E-state index in [1.54, 1.807) is 0 Å². The second-order valence-corrected chi connectivity index (χ2v) is 5.39. The van der Waals surface area contributed by atoms with Crippen LogP contribution in [0.15, 0.2) is 24.3 Å². The Labute approximate surface area is 127 Å². The maximum atomic E-state index is 11.1. The van der Waals surface area contributed by atoms with Crippen LogP contribution >= 0.6 is 0 Å². The molecule has 0 bridgehead atoms. The molecule has 2 atom stereocenters. The van der Waals surface area contributed by atoms with Crippen molar-refractivity contribution in [3.05, 3.63) is 35.4 Å². The summed E-state index contributed by atoms with van der Waals surface area (Å²) in [5.41, 5.74) is 2.13. The molecule has 0 saturated heterocycles. The number of hydrogen-bond acceptors (Lipinski definition) is 3. The average Bonchev–Trinajstić information content (AvgIpc) is 2.50. The smallest absolute Gasteiger partial charge is 0.320 e. The molecule has 0 aliphatic heterocycles. The fraction of sp³-hybridized carbons (Fsp3) is 0.588. The van der Waals surface area contributed by atoms with Gasteiger partial charge in [0.25, 0.3) is 0 Å². The van der Waals surface area contributed by atoms with Crippen molar-refractivity contribution < 1.29 is 15.0 Å². The van der Waals surface area contributed by atoms with E-state index in [4.69, 9.17) is 5.11 Å². The largest absolute Gasteiger partial charge is 0.480 e. The first kappa shape index (κ1) is 17.7. The number of carboxylic acid groups (broad SMARTS) is 1. The van der Waals surface area contributed by atoms with Gasteiger partial charge in [0.2, 0.25) is 0 Å². The molecular formula is C17H27NO3. The molecule has 0 fully saturated rings. The Balaban J connectivity index is 2.40. The third-order valence-corrected chi connectivity index (χ3v) is 3.73. The van der Waals surface area contributed by atoms with Crippen molar-refractivity contribution in [2.75, 3.05) is 6.54 Å². The number of benzene rings is 1. The topological polar surface area (TPSA) is 69.6 Å². The molecule has 1 aromatic rings. The van der Waals surface area contributed by atoms with E-state index in [1.165, 1.54) is 5.56 Å². The lowest BCUT2D eigenvalue weighted by Gasteiger charge is -2.16. The van der Waals surface area contributed by atoms with Crippen LogP contribution in [-0.2, 0) is 11.2 Å². The molecule has 0 heterocycles. The van der Waals surface area contributed by atoms with E-state index in [0.29, 0.717) is 19.4 Å². The van der Waals surface area contributed by atoms with E-state index in [0.717, 1.165) is 24.8 Å². The van der Waals surface area contributed by atoms with Gasteiger partial charge in [0.1, 0.15) is 6.04 Å². The average molecular weight is 293 g/mol. The van der Waals surface area contributed by atoms with Crippen LogP contribution < -0.4 is 5.32 Å². The highest BCUT2D eigenvalue weighted by Crippen LogP contribution is 2.17. The standard InChI is InChI=1S/C17H27NO3/c1-3-5-6-15(17(20)21)18-12-11-16(19)14-9-7-13(4-2)8-10-14/h7-10,15-16,18-19H,3-6,11-12H2,1-2H3,(H,20,21). The summed E-state index contributed by atoms with van der Waals surface area (Å²) in [7, 11) is 0. The first-order valence-corrected chi connectivity index (χ1v) is 7.81. The molecule has 118 valence electrons. The summed E-state index contributed by atoms with van der Waals surface area (Å²) in [6.45, 7) is 4.64. The Hall–Kier alpha value is -1.39. The number of aliphatic hydroxyl groups is 1. The van der Waals surface area contributed by atoms with Gasteiger partial charge in [-0.05, 0) is 36.9 Å². The van der Waals surface area contributed by atoms with Crippen LogP contribution in [0.25, 0.3) is 0 Å². The van der Waals surface area contributed by atoms with Crippen LogP contribution in [0.3, 0.4) is 0 Å². The monoisotopic (exact) mass is 293 g/mol. The van der Waals surface area contributed by atoms with E-state index < -0.39 is 18.1 Å². The van der Waals surface area contributed by atoms with Crippen LogP contribution in [0.1, 0.15) is 56.8 Å². The predicted octanol–water partition coefficient (Wildman–Crippen LogP) is 2.91. The van der Waals surface area contributed by atoms with Gasteiger partial charge >= 0.3 is 5.97 Å². The fourth-order valence-corrected chi connectivity index (χ4v) is 2.26. The first-order valence-electron chi connectivity index (χ1n) is 7.81. The maximum absolute atomic E-state index is 11.1.